The van der Waals surface area contributed by atoms with Gasteiger partial charge >= 0.3 is 5.97 Å². The zero-order chi connectivity index (χ0) is 17.9. The molecule has 4 heteroatoms. The Hall–Kier alpha value is -2.25. The summed E-state index contributed by atoms with van der Waals surface area (Å²) in [4.78, 5) is 11.5. The maximum Gasteiger partial charge on any atom is 0.334 e. The smallest absolute Gasteiger partial charge is 0.334 e. The molecule has 0 bridgehead atoms. The highest BCUT2D eigenvalue weighted by molar-refractivity contribution is 5.82. The largest absolute Gasteiger partial charge is 0.477 e. The predicted octanol–water partition coefficient (Wildman–Crippen LogP) is 3.62. The number of rotatable bonds is 7. The molecule has 4 nitrogen and oxygen atoms in total. The number of allylic oxidation sites excluding steroid dienone is 1. The molecule has 0 saturated heterocycles. The van der Waals surface area contributed by atoms with Crippen LogP contribution in [0, 0.1) is 17.8 Å². The van der Waals surface area contributed by atoms with Crippen molar-refractivity contribution in [2.24, 2.45) is 5.92 Å². The van der Waals surface area contributed by atoms with Gasteiger partial charge < -0.3 is 14.6 Å². The number of aliphatic hydroxyl groups excluding tert-OH is 1. The number of esters is 1. The summed E-state index contributed by atoms with van der Waals surface area (Å²) in [6, 6.07) is 9.48. The van der Waals surface area contributed by atoms with Gasteiger partial charge in [0.15, 0.2) is 6.10 Å². The zero-order valence-corrected chi connectivity index (χ0v) is 14.8. The fourth-order valence-electron chi connectivity index (χ4n) is 2.06. The molecule has 0 heterocycles. The summed E-state index contributed by atoms with van der Waals surface area (Å²) in [5, 5.41) is 9.95. The second kappa shape index (κ2) is 10.5. The number of benzene rings is 1. The van der Waals surface area contributed by atoms with Crippen LogP contribution in [0.5, 0.6) is 0 Å². The second-order valence-electron chi connectivity index (χ2n) is 5.85. The average Bonchev–Trinajstić information content (AvgIpc) is 2.51. The molecule has 0 amide bonds. The molecule has 1 aromatic carbocycles. The molecule has 2 unspecified atom stereocenters. The lowest BCUT2D eigenvalue weighted by Crippen LogP contribution is -2.09. The zero-order valence-electron chi connectivity index (χ0n) is 14.8. The standard InChI is InChI=1S/C20H26O4/c1-5-23-20(22)14-16(4)24-19(17-9-7-6-8-10-17)12-11-18(21)13-15(2)3/h6-10,14-15,18-19,21H,5,13H2,1-4H3/b16-14+. The molecule has 0 saturated carbocycles. The molecular formula is C20H26O4. The Morgan fingerprint density at radius 3 is 2.50 bits per heavy atom. The maximum atomic E-state index is 11.5. The van der Waals surface area contributed by atoms with Gasteiger partial charge in [0.05, 0.1) is 12.7 Å². The quantitative estimate of drug-likeness (QED) is 0.359. The molecular weight excluding hydrogens is 304 g/mol. The molecule has 0 radical (unpaired) electrons. The van der Waals surface area contributed by atoms with E-state index >= 15 is 0 Å². The predicted molar refractivity (Wildman–Crippen MR) is 93.9 cm³/mol. The maximum absolute atomic E-state index is 11.5. The first kappa shape index (κ1) is 19.8. The van der Waals surface area contributed by atoms with Gasteiger partial charge in [-0.2, -0.15) is 0 Å². The molecule has 0 fully saturated rings. The molecule has 0 aromatic heterocycles. The molecule has 1 aromatic rings. The molecule has 1 rings (SSSR count). The minimum Gasteiger partial charge on any atom is -0.477 e. The van der Waals surface area contributed by atoms with E-state index in [1.54, 1.807) is 13.8 Å². The van der Waals surface area contributed by atoms with Crippen LogP contribution >= 0.6 is 0 Å². The van der Waals surface area contributed by atoms with Crippen molar-refractivity contribution in [3.8, 4) is 11.8 Å². The molecule has 0 spiro atoms. The molecule has 0 aliphatic rings. The first-order valence-corrected chi connectivity index (χ1v) is 8.18. The Labute approximate surface area is 144 Å². The van der Waals surface area contributed by atoms with Crippen molar-refractivity contribution in [3.63, 3.8) is 0 Å². The van der Waals surface area contributed by atoms with E-state index in [0.29, 0.717) is 24.7 Å². The van der Waals surface area contributed by atoms with Crippen molar-refractivity contribution < 1.29 is 19.4 Å². The van der Waals surface area contributed by atoms with E-state index in [2.05, 4.69) is 11.8 Å². The monoisotopic (exact) mass is 330 g/mol. The highest BCUT2D eigenvalue weighted by Crippen LogP contribution is 2.20. The van der Waals surface area contributed by atoms with E-state index in [9.17, 15) is 9.90 Å². The third-order valence-corrected chi connectivity index (χ3v) is 3.09. The van der Waals surface area contributed by atoms with Gasteiger partial charge in [-0.25, -0.2) is 4.79 Å². The topological polar surface area (TPSA) is 55.8 Å². The van der Waals surface area contributed by atoms with Crippen LogP contribution < -0.4 is 0 Å². The third-order valence-electron chi connectivity index (χ3n) is 3.09. The summed E-state index contributed by atoms with van der Waals surface area (Å²) >= 11 is 0. The third kappa shape index (κ3) is 7.85. The van der Waals surface area contributed by atoms with Crippen LogP contribution in [0.1, 0.15) is 45.8 Å². The van der Waals surface area contributed by atoms with Crippen LogP contribution in [-0.2, 0) is 14.3 Å². The minimum absolute atomic E-state index is 0.311. The Morgan fingerprint density at radius 2 is 1.92 bits per heavy atom. The highest BCUT2D eigenvalue weighted by Gasteiger charge is 2.12. The number of aliphatic hydroxyl groups is 1. The molecule has 2 atom stereocenters. The summed E-state index contributed by atoms with van der Waals surface area (Å²) in [6.45, 7) is 7.80. The summed E-state index contributed by atoms with van der Waals surface area (Å²) in [5.41, 5.74) is 0.860. The lowest BCUT2D eigenvalue weighted by atomic mass is 10.1. The van der Waals surface area contributed by atoms with Gasteiger partial charge in [-0.05, 0) is 26.2 Å². The Bertz CT molecular complexity index is 593. The van der Waals surface area contributed by atoms with Gasteiger partial charge in [-0.1, -0.05) is 56.0 Å². The van der Waals surface area contributed by atoms with Crippen molar-refractivity contribution in [2.75, 3.05) is 6.61 Å². The summed E-state index contributed by atoms with van der Waals surface area (Å²) in [5.74, 6) is 6.12. The normalized spacial score (nSPS) is 13.7. The van der Waals surface area contributed by atoms with E-state index in [0.717, 1.165) is 5.56 Å². The van der Waals surface area contributed by atoms with E-state index in [-0.39, 0.29) is 0 Å². The first-order chi connectivity index (χ1) is 11.4. The van der Waals surface area contributed by atoms with Gasteiger partial charge in [0.25, 0.3) is 0 Å². The first-order valence-electron chi connectivity index (χ1n) is 8.18. The SMILES string of the molecule is CCOC(=O)/C=C(\C)OC(C#CC(O)CC(C)C)c1ccccc1. The molecule has 24 heavy (non-hydrogen) atoms. The van der Waals surface area contributed by atoms with Crippen molar-refractivity contribution in [1.82, 2.24) is 0 Å². The van der Waals surface area contributed by atoms with Crippen LogP contribution in [0.4, 0.5) is 0 Å². The second-order valence-corrected chi connectivity index (χ2v) is 5.85. The van der Waals surface area contributed by atoms with Gasteiger partial charge in [0.1, 0.15) is 11.9 Å². The van der Waals surface area contributed by atoms with Crippen molar-refractivity contribution >= 4 is 5.97 Å². The van der Waals surface area contributed by atoms with Gasteiger partial charge in [-0.3, -0.25) is 0 Å². The average molecular weight is 330 g/mol. The lowest BCUT2D eigenvalue weighted by Gasteiger charge is -2.15. The lowest BCUT2D eigenvalue weighted by molar-refractivity contribution is -0.137. The minimum atomic E-state index is -0.700. The number of hydrogen-bond donors (Lipinski definition) is 1. The van der Waals surface area contributed by atoms with Gasteiger partial charge in [0.2, 0.25) is 0 Å². The number of ether oxygens (including phenoxy) is 2. The fourth-order valence-corrected chi connectivity index (χ4v) is 2.06. The van der Waals surface area contributed by atoms with Crippen LogP contribution in [0.3, 0.4) is 0 Å². The van der Waals surface area contributed by atoms with Crippen LogP contribution in [0.2, 0.25) is 0 Å². The van der Waals surface area contributed by atoms with Crippen LogP contribution in [-0.4, -0.2) is 23.8 Å². The van der Waals surface area contributed by atoms with E-state index in [1.165, 1.54) is 6.08 Å². The van der Waals surface area contributed by atoms with Crippen molar-refractivity contribution in [2.45, 2.75) is 46.3 Å². The number of carbonyl (C=O) groups is 1. The summed E-state index contributed by atoms with van der Waals surface area (Å²) in [6.07, 6.45) is 0.644. The van der Waals surface area contributed by atoms with Gasteiger partial charge in [0, 0.05) is 5.56 Å². The number of hydrogen-bond acceptors (Lipinski definition) is 4. The Kier molecular flexibility index (Phi) is 8.67. The molecule has 1 N–H and O–H groups in total. The van der Waals surface area contributed by atoms with E-state index in [4.69, 9.17) is 9.47 Å². The fraction of sp³-hybridized carbons (Fsp3) is 0.450. The Balaban J connectivity index is 2.91. The summed E-state index contributed by atoms with van der Waals surface area (Å²) in [7, 11) is 0. The number of carbonyl (C=O) groups excluding carboxylic acids is 1. The summed E-state index contributed by atoms with van der Waals surface area (Å²) < 4.78 is 10.7. The van der Waals surface area contributed by atoms with E-state index < -0.39 is 18.2 Å². The molecule has 0 aliphatic carbocycles. The van der Waals surface area contributed by atoms with Crippen molar-refractivity contribution in [3.05, 3.63) is 47.7 Å². The molecule has 130 valence electrons. The van der Waals surface area contributed by atoms with Gasteiger partial charge in [-0.15, -0.1) is 0 Å². The van der Waals surface area contributed by atoms with Crippen molar-refractivity contribution in [1.29, 1.82) is 0 Å². The van der Waals surface area contributed by atoms with Crippen LogP contribution in [0.25, 0.3) is 0 Å². The van der Waals surface area contributed by atoms with E-state index in [1.807, 2.05) is 44.2 Å². The highest BCUT2D eigenvalue weighted by atomic mass is 16.5. The van der Waals surface area contributed by atoms with Crippen LogP contribution in [0.15, 0.2) is 42.2 Å². The Morgan fingerprint density at radius 1 is 1.25 bits per heavy atom. The molecule has 0 aliphatic heterocycles.